The number of aryl methyl sites for hydroxylation is 2. The number of rotatable bonds is 4. The van der Waals surface area contributed by atoms with Gasteiger partial charge in [0.05, 0.1) is 19.9 Å². The number of hydrogen-bond acceptors (Lipinski definition) is 4. The van der Waals surface area contributed by atoms with Crippen molar-refractivity contribution in [1.82, 2.24) is 4.98 Å². The Kier molecular flexibility index (Phi) is 4.30. The van der Waals surface area contributed by atoms with Crippen molar-refractivity contribution in [2.45, 2.75) is 20.3 Å². The molecule has 3 rings (SSSR count). The van der Waals surface area contributed by atoms with Crippen LogP contribution >= 0.6 is 0 Å². The number of phenolic OH excluding ortho intramolecular Hbond substituents is 1. The third-order valence-corrected chi connectivity index (χ3v) is 4.27. The third kappa shape index (κ3) is 2.87. The Balaban J connectivity index is 2.09. The maximum atomic E-state index is 9.95. The van der Waals surface area contributed by atoms with E-state index in [9.17, 15) is 5.11 Å². The summed E-state index contributed by atoms with van der Waals surface area (Å²) in [4.78, 5) is 4.56. The maximum absolute atomic E-state index is 9.95. The number of nitrogens with zero attached hydrogens (tertiary/aromatic N) is 1. The molecule has 3 aromatic rings. The molecule has 0 aliphatic carbocycles. The van der Waals surface area contributed by atoms with Gasteiger partial charge < -0.3 is 14.6 Å². The van der Waals surface area contributed by atoms with E-state index in [1.54, 1.807) is 14.2 Å². The quantitative estimate of drug-likeness (QED) is 0.783. The van der Waals surface area contributed by atoms with Gasteiger partial charge in [0.25, 0.3) is 0 Å². The lowest BCUT2D eigenvalue weighted by Crippen LogP contribution is -1.97. The molecule has 0 bridgehead atoms. The lowest BCUT2D eigenvalue weighted by molar-refractivity contribution is 0.356. The summed E-state index contributed by atoms with van der Waals surface area (Å²) in [7, 11) is 3.26. The van der Waals surface area contributed by atoms with Crippen LogP contribution in [0.1, 0.15) is 22.4 Å². The molecule has 1 aromatic heterocycles. The molecule has 0 amide bonds. The molecule has 0 saturated carbocycles. The van der Waals surface area contributed by atoms with Gasteiger partial charge in [-0.05, 0) is 54.1 Å². The van der Waals surface area contributed by atoms with Crippen molar-refractivity contribution in [3.05, 3.63) is 58.9 Å². The van der Waals surface area contributed by atoms with Gasteiger partial charge in [-0.15, -0.1) is 0 Å². The predicted octanol–water partition coefficient (Wildman–Crippen LogP) is 4.17. The van der Waals surface area contributed by atoms with Crippen molar-refractivity contribution >= 4 is 10.8 Å². The van der Waals surface area contributed by atoms with Crippen LogP contribution < -0.4 is 9.47 Å². The van der Waals surface area contributed by atoms with Gasteiger partial charge in [0.15, 0.2) is 11.5 Å². The van der Waals surface area contributed by atoms with E-state index in [1.807, 2.05) is 50.4 Å². The Labute approximate surface area is 141 Å². The number of phenols is 1. The fourth-order valence-electron chi connectivity index (χ4n) is 3.04. The summed E-state index contributed by atoms with van der Waals surface area (Å²) in [6.45, 7) is 3.83. The van der Waals surface area contributed by atoms with Gasteiger partial charge in [-0.1, -0.05) is 12.1 Å². The van der Waals surface area contributed by atoms with Gasteiger partial charge >= 0.3 is 0 Å². The summed E-state index contributed by atoms with van der Waals surface area (Å²) in [5.41, 5.74) is 3.85. The first-order valence-electron chi connectivity index (χ1n) is 7.82. The molecule has 0 atom stereocenters. The van der Waals surface area contributed by atoms with Crippen molar-refractivity contribution in [2.75, 3.05) is 14.2 Å². The molecule has 0 unspecified atom stereocenters. The van der Waals surface area contributed by atoms with Crippen LogP contribution in [0, 0.1) is 13.8 Å². The van der Waals surface area contributed by atoms with E-state index in [1.165, 1.54) is 0 Å². The van der Waals surface area contributed by atoms with Crippen molar-refractivity contribution in [2.24, 2.45) is 0 Å². The van der Waals surface area contributed by atoms with E-state index in [0.29, 0.717) is 23.7 Å². The number of ether oxygens (including phenoxy) is 2. The van der Waals surface area contributed by atoms with Crippen molar-refractivity contribution in [3.63, 3.8) is 0 Å². The molecule has 0 fully saturated rings. The molecule has 1 heterocycles. The van der Waals surface area contributed by atoms with Gasteiger partial charge in [0.2, 0.25) is 0 Å². The van der Waals surface area contributed by atoms with Crippen LogP contribution in [0.2, 0.25) is 0 Å². The lowest BCUT2D eigenvalue weighted by atomic mass is 9.99. The second-order valence-electron chi connectivity index (χ2n) is 5.94. The van der Waals surface area contributed by atoms with Crippen LogP contribution in [0.15, 0.2) is 36.5 Å². The van der Waals surface area contributed by atoms with E-state index >= 15 is 0 Å². The van der Waals surface area contributed by atoms with Gasteiger partial charge in [-0.25, -0.2) is 0 Å². The maximum Gasteiger partial charge on any atom is 0.161 e. The Bertz CT molecular complexity index is 880. The van der Waals surface area contributed by atoms with Crippen LogP contribution in [-0.2, 0) is 6.42 Å². The van der Waals surface area contributed by atoms with E-state index in [4.69, 9.17) is 9.47 Å². The largest absolute Gasteiger partial charge is 0.507 e. The average Bonchev–Trinajstić information content (AvgIpc) is 2.58. The number of aromatic nitrogens is 1. The summed E-state index contributed by atoms with van der Waals surface area (Å²) in [5, 5.41) is 12.0. The fraction of sp³-hybridized carbons (Fsp3) is 0.250. The van der Waals surface area contributed by atoms with Crippen LogP contribution in [0.3, 0.4) is 0 Å². The van der Waals surface area contributed by atoms with Gasteiger partial charge in [0.1, 0.15) is 5.75 Å². The normalized spacial score (nSPS) is 10.8. The van der Waals surface area contributed by atoms with Crippen LogP contribution in [0.25, 0.3) is 10.8 Å². The number of aromatic hydroxyl groups is 1. The van der Waals surface area contributed by atoms with Crippen molar-refractivity contribution in [1.29, 1.82) is 0 Å². The number of pyridine rings is 1. The molecule has 4 heteroatoms. The summed E-state index contributed by atoms with van der Waals surface area (Å²) in [6, 6.07) is 9.91. The molecule has 2 aromatic carbocycles. The Hall–Kier alpha value is -2.75. The molecular weight excluding hydrogens is 302 g/mol. The highest BCUT2D eigenvalue weighted by Crippen LogP contribution is 2.34. The van der Waals surface area contributed by atoms with E-state index in [-0.39, 0.29) is 0 Å². The predicted molar refractivity (Wildman–Crippen MR) is 95.2 cm³/mol. The Morgan fingerprint density at radius 3 is 2.21 bits per heavy atom. The molecule has 0 saturated heterocycles. The first-order valence-corrected chi connectivity index (χ1v) is 7.82. The van der Waals surface area contributed by atoms with Gasteiger partial charge in [-0.3, -0.25) is 4.98 Å². The minimum absolute atomic E-state index is 0.357. The molecule has 124 valence electrons. The summed E-state index contributed by atoms with van der Waals surface area (Å²) in [5.74, 6) is 1.76. The summed E-state index contributed by atoms with van der Waals surface area (Å²) in [6.07, 6.45) is 2.50. The number of benzene rings is 2. The summed E-state index contributed by atoms with van der Waals surface area (Å²) < 4.78 is 10.8. The lowest BCUT2D eigenvalue weighted by Gasteiger charge is -2.12. The molecule has 0 aliphatic heterocycles. The molecule has 0 aliphatic rings. The minimum Gasteiger partial charge on any atom is -0.507 e. The minimum atomic E-state index is 0.357. The smallest absolute Gasteiger partial charge is 0.161 e. The highest BCUT2D eigenvalue weighted by Gasteiger charge is 2.11. The summed E-state index contributed by atoms with van der Waals surface area (Å²) >= 11 is 0. The van der Waals surface area contributed by atoms with E-state index in [2.05, 4.69) is 4.98 Å². The number of methoxy groups -OCH3 is 2. The molecular formula is C20H21NO3. The number of hydrogen-bond donors (Lipinski definition) is 1. The Morgan fingerprint density at radius 2 is 1.58 bits per heavy atom. The zero-order valence-electron chi connectivity index (χ0n) is 14.4. The van der Waals surface area contributed by atoms with E-state index in [0.717, 1.165) is 33.2 Å². The first kappa shape index (κ1) is 16.1. The van der Waals surface area contributed by atoms with Crippen LogP contribution in [0.4, 0.5) is 0 Å². The SMILES string of the molecule is COc1cc2ccnc(Cc3cc(C)c(O)c(C)c3)c2cc1OC. The first-order chi connectivity index (χ1) is 11.5. The van der Waals surface area contributed by atoms with Crippen molar-refractivity contribution in [3.8, 4) is 17.2 Å². The third-order valence-electron chi connectivity index (χ3n) is 4.27. The Morgan fingerprint density at radius 1 is 0.958 bits per heavy atom. The highest BCUT2D eigenvalue weighted by atomic mass is 16.5. The number of fused-ring (bicyclic) bond motifs is 1. The zero-order chi connectivity index (χ0) is 17.3. The molecule has 4 nitrogen and oxygen atoms in total. The van der Waals surface area contributed by atoms with Crippen LogP contribution in [0.5, 0.6) is 17.2 Å². The average molecular weight is 323 g/mol. The standard InChI is InChI=1S/C20H21NO3/c1-12-7-14(8-13(2)20(12)22)9-17-16-11-19(24-4)18(23-3)10-15(16)5-6-21-17/h5-8,10-11,22H,9H2,1-4H3. The zero-order valence-corrected chi connectivity index (χ0v) is 14.4. The molecule has 1 N–H and O–H groups in total. The van der Waals surface area contributed by atoms with Gasteiger partial charge in [0, 0.05) is 18.0 Å². The molecule has 0 spiro atoms. The fourth-order valence-corrected chi connectivity index (χ4v) is 3.04. The van der Waals surface area contributed by atoms with E-state index < -0.39 is 0 Å². The highest BCUT2D eigenvalue weighted by molar-refractivity contribution is 5.88. The second-order valence-corrected chi connectivity index (χ2v) is 5.94. The van der Waals surface area contributed by atoms with Gasteiger partial charge in [-0.2, -0.15) is 0 Å². The monoisotopic (exact) mass is 323 g/mol. The van der Waals surface area contributed by atoms with Crippen LogP contribution in [-0.4, -0.2) is 24.3 Å². The van der Waals surface area contributed by atoms with Crippen molar-refractivity contribution < 1.29 is 14.6 Å². The topological polar surface area (TPSA) is 51.6 Å². The molecule has 24 heavy (non-hydrogen) atoms. The second kappa shape index (κ2) is 6.40. The molecule has 0 radical (unpaired) electrons.